The van der Waals surface area contributed by atoms with Crippen LogP contribution in [0.25, 0.3) is 0 Å². The maximum atomic E-state index is 10.4. The Morgan fingerprint density at radius 1 is 0.263 bits per heavy atom. The van der Waals surface area contributed by atoms with E-state index in [4.69, 9.17) is 18.9 Å². The lowest BCUT2D eigenvalue weighted by molar-refractivity contribution is -0.105. The van der Waals surface area contributed by atoms with E-state index in [0.29, 0.717) is 32.3 Å². The Kier molecular flexibility index (Phi) is 31.0. The number of hydrogen-bond acceptors (Lipinski definition) is 8. The lowest BCUT2D eigenvalue weighted by Crippen LogP contribution is -2.45. The first-order valence-corrected chi connectivity index (χ1v) is 35.8. The Morgan fingerprint density at radius 3 is 0.695 bits per heavy atom. The van der Waals surface area contributed by atoms with Crippen molar-refractivity contribution in [2.75, 3.05) is 66.3 Å². The monoisotopic (exact) mass is 1270 g/mol. The Balaban J connectivity index is 0.708. The zero-order valence-electron chi connectivity index (χ0n) is 56.7. The Labute approximate surface area is 570 Å². The van der Waals surface area contributed by atoms with Crippen molar-refractivity contribution in [3.05, 3.63) is 323 Å². The summed E-state index contributed by atoms with van der Waals surface area (Å²) in [4.78, 5) is 0. The van der Waals surface area contributed by atoms with Crippen molar-refractivity contribution in [2.45, 2.75) is 126 Å². The topological polar surface area (TPSA) is 93.2 Å². The van der Waals surface area contributed by atoms with E-state index in [1.807, 2.05) is 0 Å². The normalized spacial score (nSPS) is 12.9. The minimum absolute atomic E-state index is 0.0726. The number of aliphatic hydroxyl groups excluding tert-OH is 1. The summed E-state index contributed by atoms with van der Waals surface area (Å²) in [5.41, 5.74) is 9.80. The molecule has 8 heteroatoms. The van der Waals surface area contributed by atoms with Crippen LogP contribution in [0.4, 0.5) is 0 Å². The molecule has 0 heterocycles. The van der Waals surface area contributed by atoms with Crippen LogP contribution in [-0.2, 0) is 35.6 Å². The van der Waals surface area contributed by atoms with Gasteiger partial charge >= 0.3 is 0 Å². The second-order valence-electron chi connectivity index (χ2n) is 25.8. The van der Waals surface area contributed by atoms with Gasteiger partial charge in [0.15, 0.2) is 0 Å². The number of ether oxygens (including phenoxy) is 4. The molecule has 500 valence electrons. The minimum Gasteiger partial charge on any atom is -0.396 e. The van der Waals surface area contributed by atoms with Crippen molar-refractivity contribution in [1.29, 1.82) is 0 Å². The summed E-state index contributed by atoms with van der Waals surface area (Å²) in [6, 6.07) is 97.8. The van der Waals surface area contributed by atoms with Gasteiger partial charge in [0.2, 0.25) is 0 Å². The quantitative estimate of drug-likeness (QED) is 0.0170. The van der Waals surface area contributed by atoms with E-state index in [2.05, 4.69) is 296 Å². The zero-order valence-corrected chi connectivity index (χ0v) is 56.7. The van der Waals surface area contributed by atoms with Crippen LogP contribution < -0.4 is 16.0 Å². The number of unbranched alkanes of at least 4 members (excludes halogenated alkanes) is 9. The predicted molar refractivity (Wildman–Crippen MR) is 392 cm³/mol. The standard InChI is InChI=1S/C87H107N3O5/c1-2-73(42-18-3-6-39-63-88-85(76-45-21-9-22-46-76,77-47-23-10-24-48-77)78-49-25-11-26-50-78)67-92-71-94-69-75(44-20-5-8-41-65-90-87(82-57-33-15-34-58-82,83-59-35-16-36-60-83)84-61-37-17-38-62-84)70-95-72-93-68-74(66-91)43-19-4-7-40-64-89-86(79-51-27-12-28-52-79,80-53-29-13-30-54-80)81-55-31-14-32-56-81/h9-17,21-38,45-62,73-75,88-91H,2-8,18-20,39-44,63-72H2,1H3. The predicted octanol–water partition coefficient (Wildman–Crippen LogP) is 18.8. The third-order valence-electron chi connectivity index (χ3n) is 19.2. The van der Waals surface area contributed by atoms with Crippen molar-refractivity contribution >= 4 is 0 Å². The molecule has 0 aliphatic rings. The van der Waals surface area contributed by atoms with Crippen LogP contribution in [0.2, 0.25) is 0 Å². The van der Waals surface area contributed by atoms with Gasteiger partial charge in [-0.2, -0.15) is 0 Å². The van der Waals surface area contributed by atoms with Gasteiger partial charge < -0.3 is 24.1 Å². The molecule has 0 bridgehead atoms. The van der Waals surface area contributed by atoms with Crippen LogP contribution >= 0.6 is 0 Å². The van der Waals surface area contributed by atoms with E-state index >= 15 is 0 Å². The highest BCUT2D eigenvalue weighted by Gasteiger charge is 2.38. The summed E-state index contributed by atoms with van der Waals surface area (Å²) < 4.78 is 25.0. The molecule has 0 fully saturated rings. The van der Waals surface area contributed by atoms with Gasteiger partial charge in [0.25, 0.3) is 0 Å². The van der Waals surface area contributed by atoms with Gasteiger partial charge in [0, 0.05) is 18.4 Å². The summed E-state index contributed by atoms with van der Waals surface area (Å²) in [7, 11) is 0. The maximum Gasteiger partial charge on any atom is 0.146 e. The number of benzene rings is 9. The molecule has 0 aromatic heterocycles. The molecule has 4 N–H and O–H groups in total. The number of rotatable bonds is 47. The first-order valence-electron chi connectivity index (χ1n) is 35.8. The fourth-order valence-corrected chi connectivity index (χ4v) is 14.0. The van der Waals surface area contributed by atoms with Gasteiger partial charge in [-0.1, -0.05) is 344 Å². The lowest BCUT2D eigenvalue weighted by atomic mass is 9.77. The summed E-state index contributed by atoms with van der Waals surface area (Å²) in [6.45, 7) is 7.84. The van der Waals surface area contributed by atoms with Crippen LogP contribution in [0.15, 0.2) is 273 Å². The molecule has 95 heavy (non-hydrogen) atoms. The molecular formula is C87H107N3O5. The van der Waals surface area contributed by atoms with Crippen molar-refractivity contribution in [3.63, 3.8) is 0 Å². The van der Waals surface area contributed by atoms with Crippen molar-refractivity contribution in [3.8, 4) is 0 Å². The molecule has 0 saturated carbocycles. The fraction of sp³-hybridized carbons (Fsp3) is 0.379. The zero-order chi connectivity index (χ0) is 65.6. The van der Waals surface area contributed by atoms with Crippen LogP contribution in [0, 0.1) is 17.8 Å². The smallest absolute Gasteiger partial charge is 0.146 e. The van der Waals surface area contributed by atoms with E-state index in [9.17, 15) is 5.11 Å². The lowest BCUT2D eigenvalue weighted by Gasteiger charge is -2.37. The SMILES string of the molecule is CCC(CCCCCCNC(c1ccccc1)(c1ccccc1)c1ccccc1)COCOCC(CCCCCCNC(c1ccccc1)(c1ccccc1)c1ccccc1)COCOCC(CO)CCCCCCNC(c1ccccc1)(c1ccccc1)c1ccccc1. The van der Waals surface area contributed by atoms with Crippen LogP contribution in [0.3, 0.4) is 0 Å². The molecule has 9 aromatic rings. The molecule has 0 saturated heterocycles. The van der Waals surface area contributed by atoms with E-state index in [0.717, 1.165) is 103 Å². The highest BCUT2D eigenvalue weighted by molar-refractivity contribution is 5.52. The van der Waals surface area contributed by atoms with E-state index in [1.165, 1.54) is 69.3 Å². The molecule has 0 spiro atoms. The molecule has 0 aliphatic heterocycles. The second kappa shape index (κ2) is 40.9. The number of nitrogens with one attached hydrogen (secondary N) is 3. The third kappa shape index (κ3) is 21.1. The van der Waals surface area contributed by atoms with Crippen LogP contribution in [0.1, 0.15) is 160 Å². The van der Waals surface area contributed by atoms with E-state index in [1.54, 1.807) is 0 Å². The minimum atomic E-state index is -0.466. The van der Waals surface area contributed by atoms with Gasteiger partial charge in [0.05, 0.1) is 43.0 Å². The average Bonchev–Trinajstić information content (AvgIpc) is 0.784. The molecule has 3 atom stereocenters. The fourth-order valence-electron chi connectivity index (χ4n) is 14.0. The molecule has 9 aromatic carbocycles. The van der Waals surface area contributed by atoms with Crippen LogP contribution in [-0.4, -0.2) is 71.4 Å². The second-order valence-corrected chi connectivity index (χ2v) is 25.8. The third-order valence-corrected chi connectivity index (χ3v) is 19.2. The van der Waals surface area contributed by atoms with Gasteiger partial charge in [-0.3, -0.25) is 16.0 Å². The van der Waals surface area contributed by atoms with E-state index < -0.39 is 16.6 Å². The van der Waals surface area contributed by atoms with Gasteiger partial charge in [0.1, 0.15) is 13.6 Å². The van der Waals surface area contributed by atoms with Crippen molar-refractivity contribution < 1.29 is 24.1 Å². The first kappa shape index (κ1) is 71.9. The van der Waals surface area contributed by atoms with Gasteiger partial charge in [-0.05, 0) is 114 Å². The van der Waals surface area contributed by atoms with Gasteiger partial charge in [-0.25, -0.2) is 0 Å². The Hall–Kier alpha value is -7.34. The Bertz CT molecular complexity index is 2920. The van der Waals surface area contributed by atoms with Gasteiger partial charge in [-0.15, -0.1) is 0 Å². The summed E-state index contributed by atoms with van der Waals surface area (Å²) >= 11 is 0. The van der Waals surface area contributed by atoms with Crippen molar-refractivity contribution in [2.24, 2.45) is 17.8 Å². The molecular weight excluding hydrogens is 1170 g/mol. The van der Waals surface area contributed by atoms with Crippen molar-refractivity contribution in [1.82, 2.24) is 16.0 Å². The number of hydrogen-bond donors (Lipinski definition) is 4. The molecule has 9 rings (SSSR count). The summed E-state index contributed by atoms with van der Waals surface area (Å²) in [6.07, 6.45) is 17.5. The average molecular weight is 1270 g/mol. The highest BCUT2D eigenvalue weighted by Crippen LogP contribution is 2.40. The largest absolute Gasteiger partial charge is 0.396 e. The number of aliphatic hydroxyl groups is 1. The first-order chi connectivity index (χ1) is 47.1. The molecule has 3 unspecified atom stereocenters. The molecule has 8 nitrogen and oxygen atoms in total. The van der Waals surface area contributed by atoms with Crippen LogP contribution in [0.5, 0.6) is 0 Å². The van der Waals surface area contributed by atoms with E-state index in [-0.39, 0.29) is 32.0 Å². The summed E-state index contributed by atoms with van der Waals surface area (Å²) in [5, 5.41) is 22.6. The molecule has 0 amide bonds. The Morgan fingerprint density at radius 2 is 0.463 bits per heavy atom. The highest BCUT2D eigenvalue weighted by atomic mass is 16.7. The maximum absolute atomic E-state index is 10.4. The molecule has 0 radical (unpaired) electrons. The molecule has 0 aliphatic carbocycles. The summed E-state index contributed by atoms with van der Waals surface area (Å²) in [5.74, 6) is 0.779.